The zero-order chi connectivity index (χ0) is 9.84. The average Bonchev–Trinajstić information content (AvgIpc) is 2.04. The van der Waals surface area contributed by atoms with E-state index < -0.39 is 0 Å². The van der Waals surface area contributed by atoms with Crippen LogP contribution < -0.4 is 0 Å². The Bertz CT molecular complexity index is 328. The first-order chi connectivity index (χ1) is 6.15. The first-order valence-electron chi connectivity index (χ1n) is 3.74. The summed E-state index contributed by atoms with van der Waals surface area (Å²) in [5, 5.41) is 25.8. The minimum Gasteiger partial charge on any atom is -0.508 e. The number of ether oxygens (including phenoxy) is 1. The van der Waals surface area contributed by atoms with Gasteiger partial charge < -0.3 is 20.4 Å². The molecule has 0 fully saturated rings. The van der Waals surface area contributed by atoms with E-state index in [1.165, 1.54) is 25.3 Å². The maximum atomic E-state index is 9.33. The van der Waals surface area contributed by atoms with Crippen LogP contribution in [0, 0.1) is 5.41 Å². The molecule has 0 atom stereocenters. The van der Waals surface area contributed by atoms with Crippen molar-refractivity contribution in [2.45, 2.75) is 0 Å². The summed E-state index contributed by atoms with van der Waals surface area (Å²) in [7, 11) is 1.48. The largest absolute Gasteiger partial charge is 0.508 e. The molecule has 0 unspecified atom stereocenters. The summed E-state index contributed by atoms with van der Waals surface area (Å²) in [5.41, 5.74) is 0.555. The van der Waals surface area contributed by atoms with Crippen LogP contribution in [-0.2, 0) is 4.74 Å². The van der Waals surface area contributed by atoms with Crippen molar-refractivity contribution in [2.24, 2.45) is 0 Å². The van der Waals surface area contributed by atoms with E-state index in [0.717, 1.165) is 0 Å². The summed E-state index contributed by atoms with van der Waals surface area (Å²) in [5.74, 6) is -0.131. The predicted molar refractivity (Wildman–Crippen MR) is 55.7 cm³/mol. The number of hydrogen-bond donors (Lipinski definition) is 3. The number of phenolic OH excluding ortho intramolecular Hbond substituents is 2. The molecule has 14 heavy (non-hydrogen) atoms. The fourth-order valence-corrected chi connectivity index (χ4v) is 0.997. The number of halogens is 1. The van der Waals surface area contributed by atoms with E-state index >= 15 is 0 Å². The summed E-state index contributed by atoms with van der Waals surface area (Å²) in [6.45, 7) is 0.137. The van der Waals surface area contributed by atoms with Crippen LogP contribution >= 0.6 is 12.4 Å². The van der Waals surface area contributed by atoms with Crippen molar-refractivity contribution in [2.75, 3.05) is 13.7 Å². The Balaban J connectivity index is 0.00000169. The van der Waals surface area contributed by atoms with Crippen LogP contribution in [0.4, 0.5) is 0 Å². The number of rotatable bonds is 3. The van der Waals surface area contributed by atoms with Crippen molar-refractivity contribution < 1.29 is 14.9 Å². The molecule has 1 aromatic rings. The molecule has 0 aliphatic carbocycles. The molecule has 0 saturated carbocycles. The van der Waals surface area contributed by atoms with Crippen molar-refractivity contribution in [3.05, 3.63) is 23.8 Å². The Morgan fingerprint density at radius 1 is 1.43 bits per heavy atom. The lowest BCUT2D eigenvalue weighted by atomic mass is 10.1. The molecule has 0 heterocycles. The highest BCUT2D eigenvalue weighted by Gasteiger charge is 2.07. The predicted octanol–water partition coefficient (Wildman–Crippen LogP) is 1.53. The summed E-state index contributed by atoms with van der Waals surface area (Å²) >= 11 is 0. The van der Waals surface area contributed by atoms with Crippen LogP contribution in [0.15, 0.2) is 18.2 Å². The number of aromatic hydroxyl groups is 2. The molecule has 78 valence electrons. The lowest BCUT2D eigenvalue weighted by Gasteiger charge is -2.05. The average molecular weight is 218 g/mol. The second-order valence-electron chi connectivity index (χ2n) is 2.61. The highest BCUT2D eigenvalue weighted by molar-refractivity contribution is 6.01. The molecule has 0 aromatic heterocycles. The van der Waals surface area contributed by atoms with Crippen LogP contribution in [-0.4, -0.2) is 29.6 Å². The Labute approximate surface area is 88.1 Å². The third-order valence-electron chi connectivity index (χ3n) is 1.60. The molecule has 0 bridgehead atoms. The normalized spacial score (nSPS) is 9.21. The first-order valence-corrected chi connectivity index (χ1v) is 3.74. The van der Waals surface area contributed by atoms with Crippen molar-refractivity contribution in [3.8, 4) is 11.5 Å². The third kappa shape index (κ3) is 2.90. The molecule has 0 amide bonds. The number of methoxy groups -OCH3 is 1. The van der Waals surface area contributed by atoms with Gasteiger partial charge in [-0.15, -0.1) is 12.4 Å². The van der Waals surface area contributed by atoms with Gasteiger partial charge in [0.05, 0.1) is 12.3 Å². The third-order valence-corrected chi connectivity index (χ3v) is 1.60. The lowest BCUT2D eigenvalue weighted by molar-refractivity contribution is 0.245. The fraction of sp³-hybridized carbons (Fsp3) is 0.222. The molecule has 5 heteroatoms. The smallest absolute Gasteiger partial charge is 0.128 e. The monoisotopic (exact) mass is 217 g/mol. The standard InChI is InChI=1S/C9H11NO3.ClH/c1-13-5-8(10)7-3-2-6(11)4-9(7)12;/h2-4,10-12H,5H2,1H3;1H. The Morgan fingerprint density at radius 3 is 2.57 bits per heavy atom. The number of phenols is 2. The maximum Gasteiger partial charge on any atom is 0.128 e. The second kappa shape index (κ2) is 5.47. The van der Waals surface area contributed by atoms with Crippen molar-refractivity contribution in [3.63, 3.8) is 0 Å². The minimum atomic E-state index is -0.109. The summed E-state index contributed by atoms with van der Waals surface area (Å²) in [6.07, 6.45) is 0. The van der Waals surface area contributed by atoms with Crippen LogP contribution in [0.3, 0.4) is 0 Å². The van der Waals surface area contributed by atoms with E-state index in [4.69, 9.17) is 15.3 Å². The Kier molecular flexibility index (Phi) is 4.97. The van der Waals surface area contributed by atoms with Crippen molar-refractivity contribution in [1.29, 1.82) is 5.41 Å². The van der Waals surface area contributed by atoms with Gasteiger partial charge in [0.15, 0.2) is 0 Å². The van der Waals surface area contributed by atoms with Gasteiger partial charge in [0.1, 0.15) is 11.5 Å². The van der Waals surface area contributed by atoms with Gasteiger partial charge in [-0.3, -0.25) is 0 Å². The van der Waals surface area contributed by atoms with Crippen LogP contribution in [0.25, 0.3) is 0 Å². The Hall–Kier alpha value is -1.26. The SMILES string of the molecule is COCC(=N)c1ccc(O)cc1O.Cl. The van der Waals surface area contributed by atoms with Gasteiger partial charge in [-0.2, -0.15) is 0 Å². The number of nitrogens with one attached hydrogen (secondary N) is 1. The molecule has 1 aromatic carbocycles. The molecule has 0 aliphatic rings. The summed E-state index contributed by atoms with van der Waals surface area (Å²) in [4.78, 5) is 0. The summed E-state index contributed by atoms with van der Waals surface area (Å²) < 4.78 is 4.75. The molecule has 1 rings (SSSR count). The highest BCUT2D eigenvalue weighted by atomic mass is 35.5. The molecule has 4 nitrogen and oxygen atoms in total. The second-order valence-corrected chi connectivity index (χ2v) is 2.61. The Morgan fingerprint density at radius 2 is 2.07 bits per heavy atom. The quantitative estimate of drug-likeness (QED) is 0.673. The number of hydrogen-bond acceptors (Lipinski definition) is 4. The molecule has 0 saturated heterocycles. The molecule has 0 aliphatic heterocycles. The molecule has 0 spiro atoms. The number of benzene rings is 1. The van der Waals surface area contributed by atoms with E-state index in [0.29, 0.717) is 5.56 Å². The highest BCUT2D eigenvalue weighted by Crippen LogP contribution is 2.22. The molecule has 0 radical (unpaired) electrons. The minimum absolute atomic E-state index is 0. The lowest BCUT2D eigenvalue weighted by Crippen LogP contribution is -2.06. The molecular weight excluding hydrogens is 206 g/mol. The van der Waals surface area contributed by atoms with Gasteiger partial charge in [0.2, 0.25) is 0 Å². The van der Waals surface area contributed by atoms with E-state index in [1.54, 1.807) is 0 Å². The first kappa shape index (κ1) is 12.7. The van der Waals surface area contributed by atoms with Gasteiger partial charge in [0.25, 0.3) is 0 Å². The summed E-state index contributed by atoms with van der Waals surface area (Å²) in [6, 6.07) is 4.09. The van der Waals surface area contributed by atoms with E-state index in [9.17, 15) is 5.11 Å². The van der Waals surface area contributed by atoms with Gasteiger partial charge in [-0.1, -0.05) is 0 Å². The topological polar surface area (TPSA) is 73.5 Å². The van der Waals surface area contributed by atoms with E-state index in [-0.39, 0.29) is 36.2 Å². The zero-order valence-electron chi connectivity index (χ0n) is 7.65. The van der Waals surface area contributed by atoms with Crippen molar-refractivity contribution in [1.82, 2.24) is 0 Å². The van der Waals surface area contributed by atoms with Crippen LogP contribution in [0.1, 0.15) is 5.56 Å². The van der Waals surface area contributed by atoms with E-state index in [2.05, 4.69) is 0 Å². The maximum absolute atomic E-state index is 9.33. The molecular formula is C9H12ClNO3. The van der Waals surface area contributed by atoms with Gasteiger partial charge in [-0.25, -0.2) is 0 Å². The van der Waals surface area contributed by atoms with Gasteiger partial charge >= 0.3 is 0 Å². The van der Waals surface area contributed by atoms with E-state index in [1.807, 2.05) is 0 Å². The van der Waals surface area contributed by atoms with Crippen molar-refractivity contribution >= 4 is 18.1 Å². The van der Waals surface area contributed by atoms with Crippen LogP contribution in [0.5, 0.6) is 11.5 Å². The molecule has 3 N–H and O–H groups in total. The fourth-order valence-electron chi connectivity index (χ4n) is 0.997. The van der Waals surface area contributed by atoms with Gasteiger partial charge in [0, 0.05) is 18.7 Å². The van der Waals surface area contributed by atoms with Gasteiger partial charge in [-0.05, 0) is 12.1 Å². The van der Waals surface area contributed by atoms with Crippen LogP contribution in [0.2, 0.25) is 0 Å². The zero-order valence-corrected chi connectivity index (χ0v) is 8.47.